The highest BCUT2D eigenvalue weighted by Gasteiger charge is 2.26. The van der Waals surface area contributed by atoms with E-state index in [0.717, 1.165) is 5.76 Å². The van der Waals surface area contributed by atoms with Crippen molar-refractivity contribution in [2.75, 3.05) is 51.3 Å². The molecule has 0 unspecified atom stereocenters. The Bertz CT molecular complexity index is 929. The topological polar surface area (TPSA) is 101 Å². The van der Waals surface area contributed by atoms with E-state index in [0.29, 0.717) is 54.7 Å². The van der Waals surface area contributed by atoms with Crippen LogP contribution in [0.4, 0.5) is 9.80 Å². The number of thiophene rings is 1. The van der Waals surface area contributed by atoms with Gasteiger partial charge in [-0.05, 0) is 32.9 Å². The molecule has 0 aromatic carbocycles. The van der Waals surface area contributed by atoms with E-state index in [-0.39, 0.29) is 25.2 Å². The molecule has 2 aromatic heterocycles. The molecule has 3 heterocycles. The van der Waals surface area contributed by atoms with Crippen molar-refractivity contribution in [1.29, 1.82) is 0 Å². The maximum absolute atomic E-state index is 12.7. The first kappa shape index (κ1) is 22.8. The zero-order chi connectivity index (χ0) is 22.4. The zero-order valence-electron chi connectivity index (χ0n) is 17.9. The average Bonchev–Trinajstić information content (AvgIpc) is 3.35. The summed E-state index contributed by atoms with van der Waals surface area (Å²) in [6, 6.07) is 3.60. The zero-order valence-corrected chi connectivity index (χ0v) is 18.8. The molecular weight excluding hydrogens is 422 g/mol. The lowest BCUT2D eigenvalue weighted by Crippen LogP contribution is -2.50. The largest absolute Gasteiger partial charge is 0.462 e. The van der Waals surface area contributed by atoms with E-state index >= 15 is 0 Å². The number of rotatable bonds is 7. The monoisotopic (exact) mass is 449 g/mol. The maximum Gasteiger partial charge on any atom is 0.409 e. The van der Waals surface area contributed by atoms with Crippen LogP contribution in [0.2, 0.25) is 0 Å². The van der Waals surface area contributed by atoms with Gasteiger partial charge in [-0.15, -0.1) is 11.3 Å². The van der Waals surface area contributed by atoms with Crippen LogP contribution >= 0.6 is 11.3 Å². The van der Waals surface area contributed by atoms with E-state index < -0.39 is 5.97 Å². The summed E-state index contributed by atoms with van der Waals surface area (Å²) < 4.78 is 15.9. The van der Waals surface area contributed by atoms with Gasteiger partial charge in [0.15, 0.2) is 0 Å². The first-order chi connectivity index (χ1) is 14.9. The van der Waals surface area contributed by atoms with Crippen LogP contribution in [0.15, 0.2) is 21.9 Å². The average molecular weight is 450 g/mol. The summed E-state index contributed by atoms with van der Waals surface area (Å²) in [4.78, 5) is 40.6. The molecular formula is C21H27N3O6S. The Morgan fingerprint density at radius 3 is 2.42 bits per heavy atom. The van der Waals surface area contributed by atoms with Crippen molar-refractivity contribution in [1.82, 2.24) is 9.80 Å². The number of hydrogen-bond acceptors (Lipinski definition) is 8. The van der Waals surface area contributed by atoms with Gasteiger partial charge in [0.1, 0.15) is 22.1 Å². The van der Waals surface area contributed by atoms with Crippen LogP contribution in [0, 0.1) is 6.92 Å². The fraction of sp³-hybridized carbons (Fsp3) is 0.476. The molecule has 0 bridgehead atoms. The number of aryl methyl sites for hydroxylation is 1. The molecule has 0 radical (unpaired) electrons. The van der Waals surface area contributed by atoms with Gasteiger partial charge in [0, 0.05) is 37.1 Å². The van der Waals surface area contributed by atoms with Crippen LogP contribution in [-0.4, -0.2) is 73.7 Å². The van der Waals surface area contributed by atoms with Crippen LogP contribution in [-0.2, 0) is 14.3 Å². The summed E-state index contributed by atoms with van der Waals surface area (Å²) in [5.74, 6) is 0.529. The van der Waals surface area contributed by atoms with Crippen molar-refractivity contribution in [3.63, 3.8) is 0 Å². The van der Waals surface area contributed by atoms with E-state index in [9.17, 15) is 14.4 Å². The molecule has 2 aromatic rings. The Labute approximate surface area is 184 Å². The van der Waals surface area contributed by atoms with Crippen LogP contribution in [0.5, 0.6) is 0 Å². The number of ether oxygens (including phenoxy) is 2. The summed E-state index contributed by atoms with van der Waals surface area (Å²) in [6.07, 6.45) is -0.329. The molecule has 1 fully saturated rings. The number of furan rings is 1. The molecule has 10 heteroatoms. The van der Waals surface area contributed by atoms with Gasteiger partial charge < -0.3 is 24.1 Å². The summed E-state index contributed by atoms with van der Waals surface area (Å²) in [6.45, 7) is 8.19. The maximum atomic E-state index is 12.7. The molecule has 1 saturated heterocycles. The van der Waals surface area contributed by atoms with E-state index in [1.165, 1.54) is 11.3 Å². The van der Waals surface area contributed by atoms with Crippen molar-refractivity contribution in [3.8, 4) is 11.3 Å². The van der Waals surface area contributed by atoms with E-state index in [4.69, 9.17) is 13.9 Å². The number of anilines is 1. The predicted octanol–water partition coefficient (Wildman–Crippen LogP) is 3.21. The third-order valence-electron chi connectivity index (χ3n) is 4.79. The summed E-state index contributed by atoms with van der Waals surface area (Å²) in [7, 11) is 0. The molecule has 0 aliphatic carbocycles. The molecule has 3 rings (SSSR count). The fourth-order valence-electron chi connectivity index (χ4n) is 3.29. The number of piperazine rings is 1. The van der Waals surface area contributed by atoms with Gasteiger partial charge in [0.05, 0.1) is 19.8 Å². The number of amides is 2. The number of hydrogen-bond donors (Lipinski definition) is 1. The van der Waals surface area contributed by atoms with Gasteiger partial charge in [0.25, 0.3) is 0 Å². The van der Waals surface area contributed by atoms with Gasteiger partial charge in [-0.2, -0.15) is 0 Å². The number of carbonyl (C=O) groups excluding carboxylic acids is 3. The second kappa shape index (κ2) is 10.5. The Kier molecular flexibility index (Phi) is 7.69. The number of nitrogens with zero attached hydrogens (tertiary/aromatic N) is 2. The molecule has 1 aliphatic rings. The normalized spacial score (nSPS) is 14.4. The molecule has 31 heavy (non-hydrogen) atoms. The SMILES string of the molecule is CCOC(=O)c1c(-c2ccc(C)o2)csc1NC(=O)CN1CCN(C(=O)OCC)CC1. The second-order valence-corrected chi connectivity index (χ2v) is 7.87. The van der Waals surface area contributed by atoms with Crippen LogP contribution in [0.25, 0.3) is 11.3 Å². The third-order valence-corrected chi connectivity index (χ3v) is 5.69. The molecule has 9 nitrogen and oxygen atoms in total. The van der Waals surface area contributed by atoms with E-state index in [2.05, 4.69) is 5.32 Å². The lowest BCUT2D eigenvalue weighted by molar-refractivity contribution is -0.117. The lowest BCUT2D eigenvalue weighted by atomic mass is 10.1. The molecule has 1 N–H and O–H groups in total. The summed E-state index contributed by atoms with van der Waals surface area (Å²) in [5.41, 5.74) is 0.886. The predicted molar refractivity (Wildman–Crippen MR) is 116 cm³/mol. The van der Waals surface area contributed by atoms with Crippen molar-refractivity contribution in [2.24, 2.45) is 0 Å². The fourth-order valence-corrected chi connectivity index (χ4v) is 4.24. The highest BCUT2D eigenvalue weighted by molar-refractivity contribution is 7.15. The minimum Gasteiger partial charge on any atom is -0.462 e. The summed E-state index contributed by atoms with van der Waals surface area (Å²) in [5, 5.41) is 5.04. The Morgan fingerprint density at radius 1 is 1.10 bits per heavy atom. The van der Waals surface area contributed by atoms with Crippen LogP contribution < -0.4 is 5.32 Å². The number of esters is 1. The first-order valence-electron chi connectivity index (χ1n) is 10.2. The van der Waals surface area contributed by atoms with Crippen LogP contribution in [0.3, 0.4) is 0 Å². The van der Waals surface area contributed by atoms with Crippen molar-refractivity contribution in [3.05, 3.63) is 28.8 Å². The highest BCUT2D eigenvalue weighted by atomic mass is 32.1. The van der Waals surface area contributed by atoms with Gasteiger partial charge >= 0.3 is 12.1 Å². The molecule has 168 valence electrons. The highest BCUT2D eigenvalue weighted by Crippen LogP contribution is 2.37. The smallest absolute Gasteiger partial charge is 0.409 e. The summed E-state index contributed by atoms with van der Waals surface area (Å²) >= 11 is 1.25. The number of carbonyl (C=O) groups is 3. The van der Waals surface area contributed by atoms with Gasteiger partial charge in [-0.3, -0.25) is 9.69 Å². The van der Waals surface area contributed by atoms with Crippen molar-refractivity contribution < 1.29 is 28.3 Å². The Morgan fingerprint density at radius 2 is 1.81 bits per heavy atom. The van der Waals surface area contributed by atoms with Crippen LogP contribution in [0.1, 0.15) is 30.0 Å². The second-order valence-electron chi connectivity index (χ2n) is 6.99. The van der Waals surface area contributed by atoms with Gasteiger partial charge in [-0.25, -0.2) is 9.59 Å². The standard InChI is InChI=1S/C21H27N3O6S/c1-4-28-20(26)18-15(16-7-6-14(3)30-16)13-31-19(18)22-17(25)12-23-8-10-24(11-9-23)21(27)29-5-2/h6-7,13H,4-5,8-12H2,1-3H3,(H,22,25). The Balaban J connectivity index is 1.65. The van der Waals surface area contributed by atoms with Gasteiger partial charge in [-0.1, -0.05) is 0 Å². The van der Waals surface area contributed by atoms with Gasteiger partial charge in [0.2, 0.25) is 5.91 Å². The third kappa shape index (κ3) is 5.65. The first-order valence-corrected chi connectivity index (χ1v) is 11.1. The van der Waals surface area contributed by atoms with E-state index in [1.807, 2.05) is 17.9 Å². The minimum atomic E-state index is -0.508. The molecule has 0 saturated carbocycles. The molecule has 0 atom stereocenters. The molecule has 1 aliphatic heterocycles. The van der Waals surface area contributed by atoms with Crippen molar-refractivity contribution >= 4 is 34.3 Å². The lowest BCUT2D eigenvalue weighted by Gasteiger charge is -2.33. The van der Waals surface area contributed by atoms with E-state index in [1.54, 1.807) is 30.2 Å². The molecule has 2 amide bonds. The Hall–Kier alpha value is -2.85. The van der Waals surface area contributed by atoms with Crippen molar-refractivity contribution in [2.45, 2.75) is 20.8 Å². The quantitative estimate of drug-likeness (QED) is 0.648. The number of nitrogens with one attached hydrogen (secondary N) is 1. The minimum absolute atomic E-state index is 0.159. The molecule has 0 spiro atoms.